The molecule has 0 amide bonds. The molecule has 29 heavy (non-hydrogen) atoms. The Hall–Kier alpha value is -1.21. The summed E-state index contributed by atoms with van der Waals surface area (Å²) in [7, 11) is -0.683. The molecule has 6 heteroatoms. The molecular weight excluding hydrogens is 382 g/mol. The molecule has 0 N–H and O–H groups in total. The molecule has 0 bridgehead atoms. The van der Waals surface area contributed by atoms with Crippen LogP contribution in [0.15, 0.2) is 30.3 Å². The number of methoxy groups -OCH3 is 1. The van der Waals surface area contributed by atoms with Crippen LogP contribution in [0.3, 0.4) is 0 Å². The number of hydrogen-bond donors (Lipinski definition) is 0. The van der Waals surface area contributed by atoms with Gasteiger partial charge in [0.1, 0.15) is 0 Å². The zero-order valence-electron chi connectivity index (χ0n) is 18.8. The summed E-state index contributed by atoms with van der Waals surface area (Å²) in [6, 6.07) is 10.4. The first-order chi connectivity index (χ1) is 13.6. The molecule has 1 saturated heterocycles. The highest BCUT2D eigenvalue weighted by atomic mass is 28.4. The van der Waals surface area contributed by atoms with Gasteiger partial charge < -0.3 is 9.26 Å². The minimum absolute atomic E-state index is 0.0395. The molecule has 1 saturated carbocycles. The third-order valence-corrected chi connectivity index (χ3v) is 11.3. The number of carbonyl (C=O) groups is 1. The summed E-state index contributed by atoms with van der Waals surface area (Å²) < 4.78 is 11.7. The van der Waals surface area contributed by atoms with Crippen molar-refractivity contribution < 1.29 is 18.9 Å². The SMILES string of the molecule is COC(=O)C[C@H]1[C@@H](c2ccccc2)[C@@H]2CCCC[C@@H]2ON1O[Si](C)(C)C(C)(C)C. The summed E-state index contributed by atoms with van der Waals surface area (Å²) in [4.78, 5) is 18.8. The highest BCUT2D eigenvalue weighted by Gasteiger charge is 2.50. The maximum atomic E-state index is 12.4. The Bertz CT molecular complexity index is 688. The van der Waals surface area contributed by atoms with Crippen molar-refractivity contribution >= 4 is 14.3 Å². The standard InChI is InChI=1S/C23H37NO4Si/c1-23(2,3)29(5,6)28-24-19(16-21(25)26-4)22(17-12-8-7-9-13-17)18-14-10-11-15-20(18)27-24/h7-9,12-13,18-20,22H,10-11,14-16H2,1-6H3/t18-,19+,20+,22+/m1/s1. The molecule has 1 heterocycles. The monoisotopic (exact) mass is 419 g/mol. The molecule has 162 valence electrons. The van der Waals surface area contributed by atoms with E-state index in [1.165, 1.54) is 25.5 Å². The van der Waals surface area contributed by atoms with Crippen molar-refractivity contribution in [3.05, 3.63) is 35.9 Å². The van der Waals surface area contributed by atoms with E-state index in [0.717, 1.165) is 12.8 Å². The van der Waals surface area contributed by atoms with Gasteiger partial charge in [0.2, 0.25) is 8.32 Å². The van der Waals surface area contributed by atoms with Crippen molar-refractivity contribution in [1.29, 1.82) is 0 Å². The summed E-state index contributed by atoms with van der Waals surface area (Å²) >= 11 is 0. The fraction of sp³-hybridized carbons (Fsp3) is 0.696. The van der Waals surface area contributed by atoms with Crippen molar-refractivity contribution in [3.63, 3.8) is 0 Å². The van der Waals surface area contributed by atoms with Gasteiger partial charge in [0.05, 0.1) is 25.7 Å². The van der Waals surface area contributed by atoms with E-state index in [-0.39, 0.29) is 35.5 Å². The number of esters is 1. The smallest absolute Gasteiger partial charge is 0.307 e. The average molecular weight is 420 g/mol. The minimum atomic E-state index is -2.13. The van der Waals surface area contributed by atoms with Crippen LogP contribution in [0, 0.1) is 5.92 Å². The van der Waals surface area contributed by atoms with E-state index in [1.807, 2.05) is 6.07 Å². The van der Waals surface area contributed by atoms with Crippen molar-refractivity contribution in [2.24, 2.45) is 5.92 Å². The van der Waals surface area contributed by atoms with Gasteiger partial charge in [-0.25, -0.2) is 0 Å². The van der Waals surface area contributed by atoms with Gasteiger partial charge in [0, 0.05) is 5.92 Å². The van der Waals surface area contributed by atoms with Crippen LogP contribution in [0.1, 0.15) is 64.4 Å². The number of ether oxygens (including phenoxy) is 1. The Morgan fingerprint density at radius 1 is 1.17 bits per heavy atom. The van der Waals surface area contributed by atoms with Crippen LogP contribution in [-0.2, 0) is 18.9 Å². The third kappa shape index (κ3) is 4.93. The number of fused-ring (bicyclic) bond motifs is 1. The Balaban J connectivity index is 2.00. The highest BCUT2D eigenvalue weighted by molar-refractivity contribution is 6.74. The Morgan fingerprint density at radius 2 is 1.83 bits per heavy atom. The lowest BCUT2D eigenvalue weighted by Gasteiger charge is -2.52. The predicted molar refractivity (Wildman–Crippen MR) is 117 cm³/mol. The van der Waals surface area contributed by atoms with Gasteiger partial charge in [-0.2, -0.15) is 0 Å². The second kappa shape index (κ2) is 8.88. The summed E-state index contributed by atoms with van der Waals surface area (Å²) in [5, 5.41) is 1.76. The molecule has 1 aliphatic heterocycles. The molecule has 1 aliphatic carbocycles. The Kier molecular flexibility index (Phi) is 6.88. The molecule has 2 fully saturated rings. The van der Waals surface area contributed by atoms with Gasteiger partial charge in [-0.1, -0.05) is 69.2 Å². The van der Waals surface area contributed by atoms with E-state index < -0.39 is 8.32 Å². The van der Waals surface area contributed by atoms with E-state index >= 15 is 0 Å². The molecule has 4 atom stereocenters. The summed E-state index contributed by atoms with van der Waals surface area (Å²) in [5.41, 5.74) is 1.26. The van der Waals surface area contributed by atoms with Gasteiger partial charge in [-0.3, -0.25) is 9.63 Å². The summed E-state index contributed by atoms with van der Waals surface area (Å²) in [6.07, 6.45) is 4.94. The largest absolute Gasteiger partial charge is 0.469 e. The van der Waals surface area contributed by atoms with Gasteiger partial charge in [-0.15, -0.1) is 0 Å². The average Bonchev–Trinajstić information content (AvgIpc) is 2.67. The van der Waals surface area contributed by atoms with Crippen LogP contribution < -0.4 is 0 Å². The van der Waals surface area contributed by atoms with Crippen molar-refractivity contribution in [3.8, 4) is 0 Å². The quantitative estimate of drug-likeness (QED) is 0.469. The molecule has 5 nitrogen and oxygen atoms in total. The molecule has 0 aromatic heterocycles. The van der Waals surface area contributed by atoms with Crippen molar-refractivity contribution in [2.75, 3.05) is 7.11 Å². The summed E-state index contributed by atoms with van der Waals surface area (Å²) in [6.45, 7) is 11.1. The van der Waals surface area contributed by atoms with Crippen LogP contribution in [0.5, 0.6) is 0 Å². The maximum Gasteiger partial charge on any atom is 0.307 e. The van der Waals surface area contributed by atoms with Crippen molar-refractivity contribution in [1.82, 2.24) is 5.23 Å². The number of hydrogen-bond acceptors (Lipinski definition) is 5. The first-order valence-electron chi connectivity index (χ1n) is 10.9. The van der Waals surface area contributed by atoms with Crippen LogP contribution in [-0.4, -0.2) is 38.8 Å². The molecule has 1 aromatic carbocycles. The Labute approximate surface area is 176 Å². The number of rotatable bonds is 5. The zero-order valence-corrected chi connectivity index (χ0v) is 19.8. The number of benzene rings is 1. The third-order valence-electron chi connectivity index (χ3n) is 7.05. The van der Waals surface area contributed by atoms with Crippen LogP contribution in [0.2, 0.25) is 18.1 Å². The predicted octanol–water partition coefficient (Wildman–Crippen LogP) is 5.44. The summed E-state index contributed by atoms with van der Waals surface area (Å²) in [5.74, 6) is 0.344. The molecule has 3 rings (SSSR count). The van der Waals surface area contributed by atoms with E-state index in [2.05, 4.69) is 58.1 Å². The number of carbonyl (C=O) groups excluding carboxylic acids is 1. The van der Waals surface area contributed by atoms with Gasteiger partial charge in [0.15, 0.2) is 0 Å². The topological polar surface area (TPSA) is 48.0 Å². The van der Waals surface area contributed by atoms with E-state index in [1.54, 1.807) is 5.23 Å². The van der Waals surface area contributed by atoms with Crippen molar-refractivity contribution in [2.45, 2.75) is 89.1 Å². The molecule has 1 aromatic rings. The fourth-order valence-corrected chi connectivity index (χ4v) is 5.25. The lowest BCUT2D eigenvalue weighted by molar-refractivity contribution is -0.403. The normalized spacial score (nSPS) is 28.6. The number of hydroxylamine groups is 2. The zero-order chi connectivity index (χ0) is 21.2. The molecular formula is C23H37NO4Si. The fourth-order valence-electron chi connectivity index (χ4n) is 4.35. The van der Waals surface area contributed by atoms with Crippen LogP contribution in [0.4, 0.5) is 0 Å². The molecule has 0 unspecified atom stereocenters. The van der Waals surface area contributed by atoms with Crippen LogP contribution in [0.25, 0.3) is 0 Å². The van der Waals surface area contributed by atoms with Gasteiger partial charge >= 0.3 is 5.97 Å². The first kappa shape index (κ1) is 22.5. The van der Waals surface area contributed by atoms with Crippen LogP contribution >= 0.6 is 0 Å². The molecule has 0 spiro atoms. The Morgan fingerprint density at radius 3 is 2.45 bits per heavy atom. The highest BCUT2D eigenvalue weighted by Crippen LogP contribution is 2.48. The number of nitrogens with zero attached hydrogens (tertiary/aromatic N) is 1. The molecule has 0 radical (unpaired) electrons. The second-order valence-electron chi connectivity index (χ2n) is 10.0. The lowest BCUT2D eigenvalue weighted by Crippen LogP contribution is -2.58. The van der Waals surface area contributed by atoms with E-state index in [0.29, 0.717) is 5.92 Å². The molecule has 2 aliphatic rings. The van der Waals surface area contributed by atoms with Gasteiger partial charge in [-0.05, 0) is 42.5 Å². The van der Waals surface area contributed by atoms with E-state index in [4.69, 9.17) is 14.1 Å². The first-order valence-corrected chi connectivity index (χ1v) is 13.8. The minimum Gasteiger partial charge on any atom is -0.469 e. The lowest BCUT2D eigenvalue weighted by atomic mass is 9.70. The van der Waals surface area contributed by atoms with Gasteiger partial charge in [0.25, 0.3) is 0 Å². The van der Waals surface area contributed by atoms with E-state index in [9.17, 15) is 4.79 Å². The maximum absolute atomic E-state index is 12.4. The second-order valence-corrected chi connectivity index (χ2v) is 14.7.